The molecule has 0 fully saturated rings. The van der Waals surface area contributed by atoms with Crippen molar-refractivity contribution < 1.29 is 18.3 Å². The van der Waals surface area contributed by atoms with E-state index in [2.05, 4.69) is 10.3 Å². The van der Waals surface area contributed by atoms with Crippen LogP contribution in [0.25, 0.3) is 0 Å². The molecule has 19 heavy (non-hydrogen) atoms. The number of rotatable bonds is 5. The van der Waals surface area contributed by atoms with E-state index in [0.717, 1.165) is 0 Å². The molecular weight excluding hydrogens is 270 g/mol. The molecule has 0 radical (unpaired) electrons. The second-order valence-corrected chi connectivity index (χ2v) is 7.77. The number of aromatic nitrogens is 3. The minimum absolute atomic E-state index is 0.0539. The second-order valence-electron chi connectivity index (χ2n) is 5.30. The Morgan fingerprint density at radius 1 is 1.37 bits per heavy atom. The summed E-state index contributed by atoms with van der Waals surface area (Å²) in [5.74, 6) is -1.18. The Morgan fingerprint density at radius 3 is 2.37 bits per heavy atom. The molecule has 0 spiro atoms. The van der Waals surface area contributed by atoms with E-state index in [1.165, 1.54) is 4.68 Å². The predicted molar refractivity (Wildman–Crippen MR) is 70.0 cm³/mol. The van der Waals surface area contributed by atoms with Crippen molar-refractivity contribution in [3.05, 3.63) is 11.4 Å². The molecule has 0 aromatic carbocycles. The highest BCUT2D eigenvalue weighted by Gasteiger charge is 2.29. The van der Waals surface area contributed by atoms with Gasteiger partial charge < -0.3 is 5.11 Å². The molecule has 1 heterocycles. The second kappa shape index (κ2) is 5.28. The predicted octanol–water partition coefficient (Wildman–Crippen LogP) is 0.708. The first-order chi connectivity index (χ1) is 8.58. The molecule has 108 valence electrons. The lowest BCUT2D eigenvalue weighted by Gasteiger charge is -2.20. The third-order valence-corrected chi connectivity index (χ3v) is 4.39. The number of aryl methyl sites for hydroxylation is 1. The molecule has 0 aliphatic carbocycles. The molecule has 0 unspecified atom stereocenters. The van der Waals surface area contributed by atoms with Crippen molar-refractivity contribution in [3.63, 3.8) is 0 Å². The highest BCUT2D eigenvalue weighted by Crippen LogP contribution is 2.24. The summed E-state index contributed by atoms with van der Waals surface area (Å²) in [5.41, 5.74) is -0.166. The van der Waals surface area contributed by atoms with Crippen LogP contribution in [-0.4, -0.2) is 46.0 Å². The van der Waals surface area contributed by atoms with Gasteiger partial charge >= 0.3 is 5.97 Å². The molecule has 7 nitrogen and oxygen atoms in total. The van der Waals surface area contributed by atoms with E-state index in [1.54, 1.807) is 6.92 Å². The lowest BCUT2D eigenvalue weighted by Crippen LogP contribution is -2.24. The lowest BCUT2D eigenvalue weighted by molar-refractivity contribution is 0.0687. The molecule has 1 N–H and O–H groups in total. The normalized spacial score (nSPS) is 12.6. The van der Waals surface area contributed by atoms with Crippen LogP contribution in [0, 0.1) is 0 Å². The molecule has 0 saturated carbocycles. The zero-order chi connectivity index (χ0) is 14.8. The Balaban J connectivity index is 3.13. The molecule has 0 saturated heterocycles. The summed E-state index contributed by atoms with van der Waals surface area (Å²) in [5, 5.41) is 16.5. The van der Waals surface area contributed by atoms with Crippen LogP contribution in [0.1, 0.15) is 43.9 Å². The third kappa shape index (κ3) is 3.76. The summed E-state index contributed by atoms with van der Waals surface area (Å²) in [6.45, 7) is 7.20. The van der Waals surface area contributed by atoms with Gasteiger partial charge in [0.05, 0.1) is 18.0 Å². The Morgan fingerprint density at radius 2 is 1.95 bits per heavy atom. The molecule has 0 atom stereocenters. The van der Waals surface area contributed by atoms with Gasteiger partial charge in [-0.1, -0.05) is 32.9 Å². The first-order valence-electron chi connectivity index (χ1n) is 5.96. The SMILES string of the molecule is CCS(=O)(=O)CCn1nnc(C(=O)O)c1C(C)(C)C. The smallest absolute Gasteiger partial charge is 0.358 e. The average molecular weight is 289 g/mol. The number of carboxylic acids is 1. The fraction of sp³-hybridized carbons (Fsp3) is 0.727. The van der Waals surface area contributed by atoms with E-state index >= 15 is 0 Å². The lowest BCUT2D eigenvalue weighted by atomic mass is 9.90. The summed E-state index contributed by atoms with van der Waals surface area (Å²) in [7, 11) is -3.13. The maximum atomic E-state index is 11.5. The minimum atomic E-state index is -3.13. The van der Waals surface area contributed by atoms with Gasteiger partial charge in [0.1, 0.15) is 0 Å². The van der Waals surface area contributed by atoms with Gasteiger partial charge in [-0.15, -0.1) is 5.10 Å². The fourth-order valence-corrected chi connectivity index (χ4v) is 2.47. The molecule has 0 amide bonds. The molecule has 1 aromatic heterocycles. The van der Waals surface area contributed by atoms with Crippen LogP contribution in [0.2, 0.25) is 0 Å². The maximum Gasteiger partial charge on any atom is 0.358 e. The van der Waals surface area contributed by atoms with Gasteiger partial charge in [0.15, 0.2) is 15.5 Å². The van der Waals surface area contributed by atoms with E-state index in [1.807, 2.05) is 20.8 Å². The Kier molecular flexibility index (Phi) is 4.34. The standard InChI is InChI=1S/C11H19N3O4S/c1-5-19(17,18)7-6-14-9(11(2,3)4)8(10(15)16)12-13-14/h5-7H2,1-4H3,(H,15,16). The molecule has 1 rings (SSSR count). The Bertz CT molecular complexity index is 569. The molecular formula is C11H19N3O4S. The molecule has 0 bridgehead atoms. The van der Waals surface area contributed by atoms with Gasteiger partial charge in [0, 0.05) is 11.2 Å². The number of hydrogen-bond donors (Lipinski definition) is 1. The molecule has 0 aliphatic heterocycles. The van der Waals surface area contributed by atoms with Gasteiger partial charge in [-0.2, -0.15) is 0 Å². The number of carboxylic acid groups (broad SMARTS) is 1. The monoisotopic (exact) mass is 289 g/mol. The van der Waals surface area contributed by atoms with Gasteiger partial charge in [0.2, 0.25) is 0 Å². The molecule has 0 aliphatic rings. The van der Waals surface area contributed by atoms with Crippen molar-refractivity contribution in [2.24, 2.45) is 0 Å². The van der Waals surface area contributed by atoms with Crippen molar-refractivity contribution in [2.75, 3.05) is 11.5 Å². The number of hydrogen-bond acceptors (Lipinski definition) is 5. The zero-order valence-electron chi connectivity index (χ0n) is 11.5. The highest BCUT2D eigenvalue weighted by atomic mass is 32.2. The summed E-state index contributed by atoms with van der Waals surface area (Å²) in [4.78, 5) is 11.1. The van der Waals surface area contributed by atoms with Gasteiger partial charge in [-0.05, 0) is 0 Å². The molecule has 8 heteroatoms. The summed E-state index contributed by atoms with van der Waals surface area (Å²) in [6, 6.07) is 0. The maximum absolute atomic E-state index is 11.5. The first kappa shape index (κ1) is 15.6. The summed E-state index contributed by atoms with van der Waals surface area (Å²) < 4.78 is 24.4. The van der Waals surface area contributed by atoms with Gasteiger partial charge in [-0.25, -0.2) is 17.9 Å². The van der Waals surface area contributed by atoms with E-state index in [0.29, 0.717) is 5.69 Å². The van der Waals surface area contributed by atoms with Crippen molar-refractivity contribution >= 4 is 15.8 Å². The number of aromatic carboxylic acids is 1. The Hall–Kier alpha value is -1.44. The van der Waals surface area contributed by atoms with Crippen molar-refractivity contribution in [2.45, 2.75) is 39.7 Å². The largest absolute Gasteiger partial charge is 0.476 e. The topological polar surface area (TPSA) is 102 Å². The van der Waals surface area contributed by atoms with Crippen molar-refractivity contribution in [1.82, 2.24) is 15.0 Å². The van der Waals surface area contributed by atoms with Gasteiger partial charge in [-0.3, -0.25) is 0 Å². The summed E-state index contributed by atoms with van der Waals surface area (Å²) in [6.07, 6.45) is 0. The van der Waals surface area contributed by atoms with E-state index in [-0.39, 0.29) is 23.7 Å². The number of carbonyl (C=O) groups is 1. The Labute approximate surface area is 112 Å². The summed E-state index contributed by atoms with van der Waals surface area (Å²) >= 11 is 0. The van der Waals surface area contributed by atoms with Crippen LogP contribution < -0.4 is 0 Å². The number of sulfone groups is 1. The van der Waals surface area contributed by atoms with Crippen LogP contribution in [0.3, 0.4) is 0 Å². The van der Waals surface area contributed by atoms with Crippen molar-refractivity contribution in [1.29, 1.82) is 0 Å². The number of nitrogens with zero attached hydrogens (tertiary/aromatic N) is 3. The van der Waals surface area contributed by atoms with Crippen LogP contribution in [-0.2, 0) is 21.8 Å². The third-order valence-electron chi connectivity index (χ3n) is 2.70. The highest BCUT2D eigenvalue weighted by molar-refractivity contribution is 7.91. The van der Waals surface area contributed by atoms with E-state index in [9.17, 15) is 13.2 Å². The van der Waals surface area contributed by atoms with Crippen LogP contribution >= 0.6 is 0 Å². The van der Waals surface area contributed by atoms with E-state index in [4.69, 9.17) is 5.11 Å². The average Bonchev–Trinajstić information content (AvgIpc) is 2.70. The van der Waals surface area contributed by atoms with Crippen molar-refractivity contribution in [3.8, 4) is 0 Å². The molecule has 1 aromatic rings. The minimum Gasteiger partial charge on any atom is -0.476 e. The van der Waals surface area contributed by atoms with Crippen LogP contribution in [0.5, 0.6) is 0 Å². The van der Waals surface area contributed by atoms with E-state index < -0.39 is 21.2 Å². The quantitative estimate of drug-likeness (QED) is 0.856. The van der Waals surface area contributed by atoms with Crippen LogP contribution in [0.15, 0.2) is 0 Å². The fourth-order valence-electron chi connectivity index (χ4n) is 1.73. The van der Waals surface area contributed by atoms with Gasteiger partial charge in [0.25, 0.3) is 0 Å². The zero-order valence-corrected chi connectivity index (χ0v) is 12.4. The van der Waals surface area contributed by atoms with Crippen LogP contribution in [0.4, 0.5) is 0 Å². The first-order valence-corrected chi connectivity index (χ1v) is 7.78.